The highest BCUT2D eigenvalue weighted by Crippen LogP contribution is 2.20. The molecular weight excluding hydrogens is 294 g/mol. The molecule has 4 heteroatoms. The predicted molar refractivity (Wildman–Crippen MR) is 93.7 cm³/mol. The van der Waals surface area contributed by atoms with Crippen molar-refractivity contribution in [2.75, 3.05) is 6.54 Å². The number of nitrogens with one attached hydrogen (secondary N) is 1. The van der Waals surface area contributed by atoms with Crippen molar-refractivity contribution in [3.8, 4) is 0 Å². The van der Waals surface area contributed by atoms with Crippen molar-refractivity contribution >= 4 is 10.0 Å². The number of sulfonamides is 1. The van der Waals surface area contributed by atoms with Gasteiger partial charge in [-0.3, -0.25) is 0 Å². The fraction of sp³-hybridized carbons (Fsp3) is 0.667. The summed E-state index contributed by atoms with van der Waals surface area (Å²) in [4.78, 5) is 0.366. The summed E-state index contributed by atoms with van der Waals surface area (Å²) in [6.07, 6.45) is 8.01. The van der Waals surface area contributed by atoms with Gasteiger partial charge in [0.2, 0.25) is 10.0 Å². The molecule has 1 N–H and O–H groups in total. The Hall–Kier alpha value is -0.870. The minimum absolute atomic E-state index is 0.366. The molecule has 1 unspecified atom stereocenters. The molecule has 0 aliphatic rings. The fourth-order valence-corrected chi connectivity index (χ4v) is 3.48. The van der Waals surface area contributed by atoms with Crippen LogP contribution in [-0.2, 0) is 10.0 Å². The van der Waals surface area contributed by atoms with E-state index in [0.29, 0.717) is 17.4 Å². The zero-order valence-electron chi connectivity index (χ0n) is 14.3. The molecule has 0 saturated carbocycles. The Kier molecular flexibility index (Phi) is 8.72. The molecule has 1 atom stereocenters. The highest BCUT2D eigenvalue weighted by atomic mass is 32.2. The predicted octanol–water partition coefficient (Wildman–Crippen LogP) is 4.84. The Morgan fingerprint density at radius 1 is 0.955 bits per heavy atom. The number of hydrogen-bond acceptors (Lipinski definition) is 2. The molecule has 1 aromatic rings. The van der Waals surface area contributed by atoms with Gasteiger partial charge in [-0.2, -0.15) is 0 Å². The molecule has 126 valence electrons. The van der Waals surface area contributed by atoms with Crippen LogP contribution in [0, 0.1) is 0 Å². The number of rotatable bonds is 11. The van der Waals surface area contributed by atoms with Crippen molar-refractivity contribution in [2.45, 2.75) is 76.5 Å². The zero-order chi connectivity index (χ0) is 16.4. The molecule has 22 heavy (non-hydrogen) atoms. The van der Waals surface area contributed by atoms with E-state index in [2.05, 4.69) is 25.5 Å². The third-order valence-corrected chi connectivity index (χ3v) is 5.67. The SMILES string of the molecule is CCCCCCCCNS(=O)(=O)c1ccc(C(C)CC)cc1. The quantitative estimate of drug-likeness (QED) is 0.592. The Labute approximate surface area is 136 Å². The molecule has 0 bridgehead atoms. The van der Waals surface area contributed by atoms with Gasteiger partial charge < -0.3 is 0 Å². The van der Waals surface area contributed by atoms with Gasteiger partial charge in [0.05, 0.1) is 4.90 Å². The molecule has 0 spiro atoms. The second kappa shape index (κ2) is 10.0. The third kappa shape index (κ3) is 6.49. The Bertz CT molecular complexity index is 508. The lowest BCUT2D eigenvalue weighted by Gasteiger charge is -2.11. The molecule has 0 amide bonds. The van der Waals surface area contributed by atoms with Gasteiger partial charge in [0.1, 0.15) is 0 Å². The maximum absolute atomic E-state index is 12.2. The van der Waals surface area contributed by atoms with Gasteiger partial charge in [0.25, 0.3) is 0 Å². The Morgan fingerprint density at radius 3 is 2.14 bits per heavy atom. The van der Waals surface area contributed by atoms with E-state index in [1.54, 1.807) is 12.1 Å². The van der Waals surface area contributed by atoms with Crippen LogP contribution >= 0.6 is 0 Å². The van der Waals surface area contributed by atoms with Crippen LogP contribution in [-0.4, -0.2) is 15.0 Å². The Balaban J connectivity index is 2.42. The maximum Gasteiger partial charge on any atom is 0.240 e. The molecule has 0 aliphatic heterocycles. The van der Waals surface area contributed by atoms with Gasteiger partial charge in [-0.15, -0.1) is 0 Å². The highest BCUT2D eigenvalue weighted by molar-refractivity contribution is 7.89. The van der Waals surface area contributed by atoms with Gasteiger partial charge in [0.15, 0.2) is 0 Å². The van der Waals surface area contributed by atoms with Crippen molar-refractivity contribution < 1.29 is 8.42 Å². The smallest absolute Gasteiger partial charge is 0.211 e. The average molecular weight is 326 g/mol. The summed E-state index contributed by atoms with van der Waals surface area (Å²) in [7, 11) is -3.36. The van der Waals surface area contributed by atoms with Crippen molar-refractivity contribution in [3.63, 3.8) is 0 Å². The molecule has 0 heterocycles. The van der Waals surface area contributed by atoms with Gasteiger partial charge in [0, 0.05) is 6.54 Å². The molecule has 0 aliphatic carbocycles. The summed E-state index contributed by atoms with van der Waals surface area (Å²) in [5.74, 6) is 0.466. The molecule has 0 aromatic heterocycles. The van der Waals surface area contributed by atoms with E-state index in [-0.39, 0.29) is 0 Å². The van der Waals surface area contributed by atoms with E-state index >= 15 is 0 Å². The van der Waals surface area contributed by atoms with Crippen LogP contribution in [0.2, 0.25) is 0 Å². The minimum atomic E-state index is -3.36. The normalized spacial score (nSPS) is 13.2. The van der Waals surface area contributed by atoms with E-state index in [1.165, 1.54) is 31.2 Å². The topological polar surface area (TPSA) is 46.2 Å². The molecular formula is C18H31NO2S. The Morgan fingerprint density at radius 2 is 1.55 bits per heavy atom. The first kappa shape index (κ1) is 19.2. The highest BCUT2D eigenvalue weighted by Gasteiger charge is 2.13. The number of benzene rings is 1. The van der Waals surface area contributed by atoms with Crippen molar-refractivity contribution in [2.24, 2.45) is 0 Å². The van der Waals surface area contributed by atoms with Gasteiger partial charge >= 0.3 is 0 Å². The monoisotopic (exact) mass is 325 g/mol. The van der Waals surface area contributed by atoms with Crippen molar-refractivity contribution in [1.82, 2.24) is 4.72 Å². The molecule has 1 rings (SSSR count). The fourth-order valence-electron chi connectivity index (χ4n) is 2.41. The molecule has 1 aromatic carbocycles. The van der Waals surface area contributed by atoms with E-state index in [0.717, 1.165) is 19.3 Å². The summed E-state index contributed by atoms with van der Waals surface area (Å²) in [5.41, 5.74) is 1.19. The number of hydrogen-bond donors (Lipinski definition) is 1. The van der Waals surface area contributed by atoms with Crippen LogP contribution in [0.4, 0.5) is 0 Å². The standard InChI is InChI=1S/C18H31NO2S/c1-4-6-7-8-9-10-15-19-22(20,21)18-13-11-17(12-14-18)16(3)5-2/h11-14,16,19H,4-10,15H2,1-3H3. The lowest BCUT2D eigenvalue weighted by atomic mass is 9.99. The van der Waals surface area contributed by atoms with E-state index in [9.17, 15) is 8.42 Å². The number of unbranched alkanes of at least 4 members (excludes halogenated alkanes) is 5. The third-order valence-electron chi connectivity index (χ3n) is 4.19. The van der Waals surface area contributed by atoms with Crippen LogP contribution in [0.1, 0.15) is 77.2 Å². The van der Waals surface area contributed by atoms with Crippen LogP contribution in [0.3, 0.4) is 0 Å². The zero-order valence-corrected chi connectivity index (χ0v) is 15.1. The first-order valence-electron chi connectivity index (χ1n) is 8.60. The summed E-state index contributed by atoms with van der Waals surface area (Å²) < 4.78 is 27.1. The van der Waals surface area contributed by atoms with Crippen LogP contribution in [0.25, 0.3) is 0 Å². The van der Waals surface area contributed by atoms with Gasteiger partial charge in [-0.25, -0.2) is 13.1 Å². The van der Waals surface area contributed by atoms with Crippen LogP contribution in [0.5, 0.6) is 0 Å². The van der Waals surface area contributed by atoms with E-state index in [4.69, 9.17) is 0 Å². The lowest BCUT2D eigenvalue weighted by molar-refractivity contribution is 0.567. The first-order chi connectivity index (χ1) is 10.5. The van der Waals surface area contributed by atoms with Crippen LogP contribution < -0.4 is 4.72 Å². The molecule has 3 nitrogen and oxygen atoms in total. The molecule has 0 fully saturated rings. The maximum atomic E-state index is 12.2. The van der Waals surface area contributed by atoms with Gasteiger partial charge in [-0.05, 0) is 36.5 Å². The summed E-state index contributed by atoms with van der Waals surface area (Å²) in [6.45, 7) is 7.01. The van der Waals surface area contributed by atoms with E-state index < -0.39 is 10.0 Å². The molecule has 0 saturated heterocycles. The second-order valence-corrected chi connectivity index (χ2v) is 7.81. The summed E-state index contributed by atoms with van der Waals surface area (Å²) in [5, 5.41) is 0. The summed E-state index contributed by atoms with van der Waals surface area (Å²) >= 11 is 0. The molecule has 0 radical (unpaired) electrons. The first-order valence-corrected chi connectivity index (χ1v) is 10.1. The van der Waals surface area contributed by atoms with Gasteiger partial charge in [-0.1, -0.05) is 65.0 Å². The van der Waals surface area contributed by atoms with E-state index in [1.807, 2.05) is 12.1 Å². The summed E-state index contributed by atoms with van der Waals surface area (Å²) in [6, 6.07) is 7.27. The average Bonchev–Trinajstić information content (AvgIpc) is 2.53. The minimum Gasteiger partial charge on any atom is -0.211 e. The second-order valence-electron chi connectivity index (χ2n) is 6.04. The van der Waals surface area contributed by atoms with Crippen LogP contribution in [0.15, 0.2) is 29.2 Å². The van der Waals surface area contributed by atoms with Crippen molar-refractivity contribution in [3.05, 3.63) is 29.8 Å². The van der Waals surface area contributed by atoms with Crippen molar-refractivity contribution in [1.29, 1.82) is 0 Å². The largest absolute Gasteiger partial charge is 0.240 e. The lowest BCUT2D eigenvalue weighted by Crippen LogP contribution is -2.24.